The quantitative estimate of drug-likeness (QED) is 0.386. The molecule has 4 unspecified atom stereocenters. The summed E-state index contributed by atoms with van der Waals surface area (Å²) in [5, 5.41) is 7.82. The first-order valence-electron chi connectivity index (χ1n) is 12.4. The summed E-state index contributed by atoms with van der Waals surface area (Å²) in [5.74, 6) is 0. The van der Waals surface area contributed by atoms with E-state index in [2.05, 4.69) is 65.9 Å². The normalized spacial score (nSPS) is 29.2. The molecular formula is C25H41Cl2MnN5+2. The van der Waals surface area contributed by atoms with E-state index >= 15 is 0 Å². The predicted molar refractivity (Wildman–Crippen MR) is 136 cm³/mol. The Morgan fingerprint density at radius 1 is 0.788 bits per heavy atom. The van der Waals surface area contributed by atoms with E-state index in [1.54, 1.807) is 0 Å². The molecule has 1 aromatic heterocycles. The number of aromatic nitrogens is 1. The van der Waals surface area contributed by atoms with Crippen LogP contribution in [0.4, 0.5) is 0 Å². The van der Waals surface area contributed by atoms with Crippen LogP contribution in [0.25, 0.3) is 0 Å². The van der Waals surface area contributed by atoms with Crippen LogP contribution in [0.3, 0.4) is 0 Å². The molecule has 2 N–H and O–H groups in total. The third-order valence-corrected chi connectivity index (χ3v) is 7.94. The first kappa shape index (κ1) is 27.1. The number of likely N-dealkylation sites (N-methyl/N-ethyl adjacent to an activating group) is 2. The van der Waals surface area contributed by atoms with Gasteiger partial charge in [0.05, 0.1) is 12.1 Å². The van der Waals surface area contributed by atoms with Gasteiger partial charge in [0.2, 0.25) is 0 Å². The summed E-state index contributed by atoms with van der Waals surface area (Å²) in [6.45, 7) is 6.59. The molecule has 0 spiro atoms. The molecule has 1 aromatic rings. The number of pyridine rings is 1. The standard InChI is InChI=1S/C25H41N5.2ClH.Mn/c1-18-20-12-9-13-21(28-20)19(2)30(4)25-15-8-6-11-23(25)27-17-16-26-22-10-5-7-14-24(22)29(18)3;;;/h9,12-13,22-27H,5-8,10-11,14-17H2,1-4H3;2*1H;/q+2;;;+2/p-2. The maximum absolute atomic E-state index is 5.12. The SMILES string of the molecule is CC1=[N+](C)C2CCCCC2NCCNC2CCCCC2[N+](C)=C(C)c2cccc1n2.[Cl][Mn][Cl]. The fraction of sp³-hybridized carbons (Fsp3) is 0.720. The number of nitrogens with one attached hydrogen (secondary N) is 2. The van der Waals surface area contributed by atoms with E-state index in [0.29, 0.717) is 24.2 Å². The number of fused-ring (bicyclic) bond motifs is 4. The number of rotatable bonds is 0. The molecule has 0 radical (unpaired) electrons. The molecule has 2 bridgehead atoms. The van der Waals surface area contributed by atoms with Crippen molar-refractivity contribution >= 4 is 31.6 Å². The van der Waals surface area contributed by atoms with Gasteiger partial charge >= 0.3 is 33.3 Å². The maximum atomic E-state index is 5.12. The summed E-state index contributed by atoms with van der Waals surface area (Å²) in [6.07, 6.45) is 10.4. The second-order valence-corrected chi connectivity index (χ2v) is 11.6. The van der Waals surface area contributed by atoms with Gasteiger partial charge in [-0.3, -0.25) is 0 Å². The molecule has 0 aromatic carbocycles. The monoisotopic (exact) mass is 536 g/mol. The molecule has 4 rings (SSSR count). The summed E-state index contributed by atoms with van der Waals surface area (Å²) < 4.78 is 4.99. The topological polar surface area (TPSA) is 43.0 Å². The van der Waals surface area contributed by atoms with E-state index in [4.69, 9.17) is 25.2 Å². The van der Waals surface area contributed by atoms with Crippen LogP contribution in [-0.2, 0) is 13.1 Å². The van der Waals surface area contributed by atoms with Crippen LogP contribution in [0.15, 0.2) is 18.2 Å². The van der Waals surface area contributed by atoms with Crippen molar-refractivity contribution in [1.29, 1.82) is 0 Å². The van der Waals surface area contributed by atoms with Gasteiger partial charge in [0.25, 0.3) is 0 Å². The van der Waals surface area contributed by atoms with E-state index in [-0.39, 0.29) is 13.1 Å². The zero-order chi connectivity index (χ0) is 23.8. The molecule has 2 saturated carbocycles. The van der Waals surface area contributed by atoms with Gasteiger partial charge in [0, 0.05) is 39.8 Å². The van der Waals surface area contributed by atoms with Crippen LogP contribution in [-0.4, -0.2) is 76.9 Å². The van der Waals surface area contributed by atoms with Crippen molar-refractivity contribution < 1.29 is 22.3 Å². The van der Waals surface area contributed by atoms with Crippen molar-refractivity contribution in [3.05, 3.63) is 29.6 Å². The van der Waals surface area contributed by atoms with Crippen molar-refractivity contribution in [2.24, 2.45) is 0 Å². The molecule has 5 nitrogen and oxygen atoms in total. The third kappa shape index (κ3) is 7.02. The van der Waals surface area contributed by atoms with Crippen LogP contribution in [0.5, 0.6) is 0 Å². The Bertz CT molecular complexity index is 781. The van der Waals surface area contributed by atoms with Gasteiger partial charge in [-0.1, -0.05) is 18.9 Å². The first-order valence-corrected chi connectivity index (χ1v) is 15.7. The molecule has 1 aliphatic heterocycles. The Hall–Kier alpha value is -0.491. The minimum atomic E-state index is 0.00694. The Labute approximate surface area is 215 Å². The Morgan fingerprint density at radius 2 is 1.18 bits per heavy atom. The summed E-state index contributed by atoms with van der Waals surface area (Å²) in [6, 6.07) is 8.75. The molecule has 2 heterocycles. The number of halogens is 2. The molecule has 2 aliphatic carbocycles. The average Bonchev–Trinajstić information content (AvgIpc) is 2.85. The minimum absolute atomic E-state index is 0.00694. The van der Waals surface area contributed by atoms with Crippen LogP contribution in [0.1, 0.15) is 76.6 Å². The van der Waals surface area contributed by atoms with Gasteiger partial charge in [-0.2, -0.15) is 0 Å². The fourth-order valence-corrected chi connectivity index (χ4v) is 5.84. The number of hydrogen-bond acceptors (Lipinski definition) is 3. The van der Waals surface area contributed by atoms with Gasteiger partial charge in [0.15, 0.2) is 23.5 Å². The molecule has 3 aliphatic rings. The van der Waals surface area contributed by atoms with Gasteiger partial charge in [-0.05, 0) is 37.8 Å². The molecule has 4 atom stereocenters. The van der Waals surface area contributed by atoms with E-state index < -0.39 is 0 Å². The van der Waals surface area contributed by atoms with Crippen molar-refractivity contribution in [2.75, 3.05) is 27.2 Å². The second-order valence-electron chi connectivity index (χ2n) is 9.68. The summed E-state index contributed by atoms with van der Waals surface area (Å²) in [7, 11) is 14.1. The van der Waals surface area contributed by atoms with Gasteiger partial charge in [-0.15, -0.1) is 0 Å². The van der Waals surface area contributed by atoms with E-state index in [9.17, 15) is 0 Å². The van der Waals surface area contributed by atoms with Crippen molar-refractivity contribution in [3.63, 3.8) is 0 Å². The van der Waals surface area contributed by atoms with Crippen LogP contribution >= 0.6 is 20.2 Å². The molecular weight excluding hydrogens is 496 g/mol. The zero-order valence-corrected chi connectivity index (χ0v) is 23.3. The van der Waals surface area contributed by atoms with Crippen LogP contribution in [0, 0.1) is 0 Å². The number of nitrogens with zero attached hydrogens (tertiary/aromatic N) is 3. The Morgan fingerprint density at radius 3 is 1.61 bits per heavy atom. The van der Waals surface area contributed by atoms with Crippen molar-refractivity contribution in [3.8, 4) is 0 Å². The third-order valence-electron chi connectivity index (χ3n) is 7.94. The molecule has 8 heteroatoms. The predicted octanol–water partition coefficient (Wildman–Crippen LogP) is 4.18. The van der Waals surface area contributed by atoms with Gasteiger partial charge < -0.3 is 10.6 Å². The molecule has 185 valence electrons. The Kier molecular flexibility index (Phi) is 11.1. The average molecular weight is 537 g/mol. The van der Waals surface area contributed by atoms with Gasteiger partial charge in [0.1, 0.15) is 25.5 Å². The molecule has 0 saturated heterocycles. The van der Waals surface area contributed by atoms with Gasteiger partial charge in [-0.25, -0.2) is 14.1 Å². The van der Waals surface area contributed by atoms with Crippen LogP contribution in [0.2, 0.25) is 0 Å². The molecule has 0 amide bonds. The van der Waals surface area contributed by atoms with E-state index in [1.807, 2.05) is 0 Å². The number of hydrogen-bond donors (Lipinski definition) is 2. The zero-order valence-electron chi connectivity index (χ0n) is 20.6. The second kappa shape index (κ2) is 13.6. The summed E-state index contributed by atoms with van der Waals surface area (Å²) in [5.41, 5.74) is 4.80. The summed E-state index contributed by atoms with van der Waals surface area (Å²) in [4.78, 5) is 5.12. The van der Waals surface area contributed by atoms with Crippen molar-refractivity contribution in [2.45, 2.75) is 89.4 Å². The fourth-order valence-electron chi connectivity index (χ4n) is 5.84. The van der Waals surface area contributed by atoms with Crippen molar-refractivity contribution in [1.82, 2.24) is 15.6 Å². The first-order chi connectivity index (χ1) is 16.0. The summed E-state index contributed by atoms with van der Waals surface area (Å²) >= 11 is 0.00694. The van der Waals surface area contributed by atoms with E-state index in [1.165, 1.54) is 62.8 Å². The van der Waals surface area contributed by atoms with Crippen LogP contribution < -0.4 is 10.6 Å². The molecule has 2 fully saturated rings. The van der Waals surface area contributed by atoms with E-state index in [0.717, 1.165) is 24.5 Å². The Balaban J connectivity index is 0.000000968. The molecule has 33 heavy (non-hydrogen) atoms.